The summed E-state index contributed by atoms with van der Waals surface area (Å²) < 4.78 is 10.2. The van der Waals surface area contributed by atoms with E-state index in [1.807, 2.05) is 6.92 Å². The lowest BCUT2D eigenvalue weighted by Gasteiger charge is -2.11. The van der Waals surface area contributed by atoms with Crippen molar-refractivity contribution in [3.63, 3.8) is 0 Å². The van der Waals surface area contributed by atoms with Crippen molar-refractivity contribution in [3.8, 4) is 0 Å². The van der Waals surface area contributed by atoms with Crippen molar-refractivity contribution >= 4 is 5.97 Å². The van der Waals surface area contributed by atoms with Gasteiger partial charge in [-0.1, -0.05) is 13.8 Å². The van der Waals surface area contributed by atoms with Crippen molar-refractivity contribution in [2.45, 2.75) is 27.7 Å². The third kappa shape index (κ3) is 6.58. The van der Waals surface area contributed by atoms with E-state index in [0.717, 1.165) is 0 Å². The number of carbonyl (C=O) groups excluding carboxylic acids is 1. The minimum absolute atomic E-state index is 0.154. The Morgan fingerprint density at radius 2 is 1.85 bits per heavy atom. The fourth-order valence-corrected chi connectivity index (χ4v) is 0.833. The molecule has 0 bridgehead atoms. The first-order valence-corrected chi connectivity index (χ1v) is 4.82. The molecule has 13 heavy (non-hydrogen) atoms. The van der Waals surface area contributed by atoms with E-state index in [1.165, 1.54) is 0 Å². The zero-order chi connectivity index (χ0) is 10.3. The van der Waals surface area contributed by atoms with Gasteiger partial charge in [-0.3, -0.25) is 4.79 Å². The summed E-state index contributed by atoms with van der Waals surface area (Å²) in [6.07, 6.45) is 0. The highest BCUT2D eigenvalue weighted by atomic mass is 16.5. The summed E-state index contributed by atoms with van der Waals surface area (Å²) in [7, 11) is 0. The number of hydrogen-bond acceptors (Lipinski definition) is 3. The zero-order valence-electron chi connectivity index (χ0n) is 9.00. The van der Waals surface area contributed by atoms with Crippen LogP contribution in [0, 0.1) is 11.8 Å². The highest BCUT2D eigenvalue weighted by molar-refractivity contribution is 5.72. The quantitative estimate of drug-likeness (QED) is 0.597. The predicted octanol–water partition coefficient (Wildman–Crippen LogP) is 1.86. The van der Waals surface area contributed by atoms with Crippen LogP contribution in [-0.4, -0.2) is 25.8 Å². The molecule has 0 aromatic heterocycles. The van der Waals surface area contributed by atoms with Gasteiger partial charge in [0.05, 0.1) is 19.1 Å². The van der Waals surface area contributed by atoms with Crippen molar-refractivity contribution in [1.82, 2.24) is 0 Å². The van der Waals surface area contributed by atoms with Crippen molar-refractivity contribution in [2.24, 2.45) is 11.8 Å². The SMILES string of the molecule is CCOC(=O)C(C)COCC(C)C. The Labute approximate surface area is 80.4 Å². The summed E-state index contributed by atoms with van der Waals surface area (Å²) in [4.78, 5) is 11.1. The Balaban J connectivity index is 3.49. The van der Waals surface area contributed by atoms with E-state index in [0.29, 0.717) is 25.7 Å². The van der Waals surface area contributed by atoms with E-state index < -0.39 is 0 Å². The summed E-state index contributed by atoms with van der Waals surface area (Å²) in [6.45, 7) is 9.37. The summed E-state index contributed by atoms with van der Waals surface area (Å²) in [5, 5.41) is 0. The first kappa shape index (κ1) is 12.4. The average Bonchev–Trinajstić information content (AvgIpc) is 2.04. The number of rotatable bonds is 6. The van der Waals surface area contributed by atoms with Gasteiger partial charge in [0.15, 0.2) is 0 Å². The molecular weight excluding hydrogens is 168 g/mol. The van der Waals surface area contributed by atoms with E-state index in [4.69, 9.17) is 9.47 Å². The molecule has 1 atom stereocenters. The van der Waals surface area contributed by atoms with Crippen LogP contribution in [0.15, 0.2) is 0 Å². The molecule has 0 aromatic carbocycles. The van der Waals surface area contributed by atoms with E-state index in [-0.39, 0.29) is 11.9 Å². The van der Waals surface area contributed by atoms with Gasteiger partial charge in [0.25, 0.3) is 0 Å². The fraction of sp³-hybridized carbons (Fsp3) is 0.900. The van der Waals surface area contributed by atoms with E-state index in [2.05, 4.69) is 13.8 Å². The maximum Gasteiger partial charge on any atom is 0.310 e. The third-order valence-electron chi connectivity index (χ3n) is 1.51. The molecule has 1 unspecified atom stereocenters. The minimum atomic E-state index is -0.175. The third-order valence-corrected chi connectivity index (χ3v) is 1.51. The highest BCUT2D eigenvalue weighted by Gasteiger charge is 2.13. The molecule has 0 rings (SSSR count). The monoisotopic (exact) mass is 188 g/mol. The maximum absolute atomic E-state index is 11.1. The topological polar surface area (TPSA) is 35.5 Å². The predicted molar refractivity (Wildman–Crippen MR) is 51.5 cm³/mol. The average molecular weight is 188 g/mol. The molecular formula is C10H20O3. The van der Waals surface area contributed by atoms with Crippen molar-refractivity contribution in [2.75, 3.05) is 19.8 Å². The Bertz CT molecular complexity index is 143. The largest absolute Gasteiger partial charge is 0.466 e. The summed E-state index contributed by atoms with van der Waals surface area (Å²) in [5.41, 5.74) is 0. The van der Waals surface area contributed by atoms with Crippen LogP contribution in [0.25, 0.3) is 0 Å². The zero-order valence-corrected chi connectivity index (χ0v) is 9.00. The van der Waals surface area contributed by atoms with Gasteiger partial charge in [0, 0.05) is 6.61 Å². The lowest BCUT2D eigenvalue weighted by molar-refractivity contribution is -0.149. The van der Waals surface area contributed by atoms with Gasteiger partial charge in [-0.25, -0.2) is 0 Å². The van der Waals surface area contributed by atoms with Gasteiger partial charge in [0.2, 0.25) is 0 Å². The first-order chi connectivity index (χ1) is 6.07. The van der Waals surface area contributed by atoms with Crippen LogP contribution < -0.4 is 0 Å². The second-order valence-corrected chi connectivity index (χ2v) is 3.58. The Morgan fingerprint density at radius 3 is 2.31 bits per heavy atom. The molecule has 0 saturated carbocycles. The van der Waals surface area contributed by atoms with Gasteiger partial charge in [0.1, 0.15) is 0 Å². The summed E-state index contributed by atoms with van der Waals surface area (Å²) in [6, 6.07) is 0. The molecule has 0 fully saturated rings. The van der Waals surface area contributed by atoms with Gasteiger partial charge < -0.3 is 9.47 Å². The summed E-state index contributed by atoms with van der Waals surface area (Å²) in [5.74, 6) is 0.180. The van der Waals surface area contributed by atoms with Gasteiger partial charge in [-0.15, -0.1) is 0 Å². The lowest BCUT2D eigenvalue weighted by Crippen LogP contribution is -2.20. The number of carbonyl (C=O) groups is 1. The molecule has 0 N–H and O–H groups in total. The Kier molecular flexibility index (Phi) is 6.59. The second-order valence-electron chi connectivity index (χ2n) is 3.58. The smallest absolute Gasteiger partial charge is 0.310 e. The number of esters is 1. The maximum atomic E-state index is 11.1. The normalized spacial score (nSPS) is 13.0. The Hall–Kier alpha value is -0.570. The molecule has 0 aromatic rings. The number of hydrogen-bond donors (Lipinski definition) is 0. The minimum Gasteiger partial charge on any atom is -0.466 e. The lowest BCUT2D eigenvalue weighted by atomic mass is 10.2. The van der Waals surface area contributed by atoms with Crippen molar-refractivity contribution in [3.05, 3.63) is 0 Å². The highest BCUT2D eigenvalue weighted by Crippen LogP contribution is 2.01. The molecule has 0 spiro atoms. The van der Waals surface area contributed by atoms with Gasteiger partial charge in [-0.2, -0.15) is 0 Å². The van der Waals surface area contributed by atoms with Crippen LogP contribution in [0.2, 0.25) is 0 Å². The molecule has 0 aliphatic carbocycles. The molecule has 0 radical (unpaired) electrons. The fourth-order valence-electron chi connectivity index (χ4n) is 0.833. The molecule has 0 saturated heterocycles. The molecule has 3 nitrogen and oxygen atoms in total. The van der Waals surface area contributed by atoms with Gasteiger partial charge in [-0.05, 0) is 19.8 Å². The molecule has 0 heterocycles. The van der Waals surface area contributed by atoms with Crippen LogP contribution in [0.3, 0.4) is 0 Å². The molecule has 0 aliphatic heterocycles. The van der Waals surface area contributed by atoms with Crippen LogP contribution in [0.4, 0.5) is 0 Å². The van der Waals surface area contributed by atoms with E-state index >= 15 is 0 Å². The van der Waals surface area contributed by atoms with E-state index in [1.54, 1.807) is 6.92 Å². The molecule has 0 amide bonds. The number of ether oxygens (including phenoxy) is 2. The van der Waals surface area contributed by atoms with Gasteiger partial charge >= 0.3 is 5.97 Å². The van der Waals surface area contributed by atoms with Crippen LogP contribution in [0.1, 0.15) is 27.7 Å². The van der Waals surface area contributed by atoms with Crippen LogP contribution in [0.5, 0.6) is 0 Å². The van der Waals surface area contributed by atoms with Crippen molar-refractivity contribution in [1.29, 1.82) is 0 Å². The van der Waals surface area contributed by atoms with E-state index in [9.17, 15) is 4.79 Å². The second kappa shape index (κ2) is 6.89. The van der Waals surface area contributed by atoms with Crippen LogP contribution >= 0.6 is 0 Å². The van der Waals surface area contributed by atoms with Crippen LogP contribution in [-0.2, 0) is 14.3 Å². The molecule has 78 valence electrons. The summed E-state index contributed by atoms with van der Waals surface area (Å²) >= 11 is 0. The molecule has 3 heteroatoms. The standard InChI is InChI=1S/C10H20O3/c1-5-13-10(11)9(4)7-12-6-8(2)3/h8-9H,5-7H2,1-4H3. The first-order valence-electron chi connectivity index (χ1n) is 4.82. The van der Waals surface area contributed by atoms with Crippen molar-refractivity contribution < 1.29 is 14.3 Å². The molecule has 0 aliphatic rings. The Morgan fingerprint density at radius 1 is 1.23 bits per heavy atom.